The highest BCUT2D eigenvalue weighted by Gasteiger charge is 2.41. The second-order valence-electron chi connectivity index (χ2n) is 2.66. The smallest absolute Gasteiger partial charge is 0.425 e. The molecule has 4 nitrogen and oxygen atoms in total. The number of carbonyl (C=O) groups is 2. The SMILES string of the molecule is C=CCC(OC(=O)/C=C/C(=O)O)C(F)(F)F. The maximum atomic E-state index is 12.2. The summed E-state index contributed by atoms with van der Waals surface area (Å²) < 4.78 is 40.6. The van der Waals surface area contributed by atoms with Crippen molar-refractivity contribution in [2.45, 2.75) is 18.7 Å². The van der Waals surface area contributed by atoms with E-state index in [1.165, 1.54) is 0 Å². The third-order valence-corrected chi connectivity index (χ3v) is 1.37. The van der Waals surface area contributed by atoms with Crippen LogP contribution < -0.4 is 0 Å². The van der Waals surface area contributed by atoms with Gasteiger partial charge >= 0.3 is 18.1 Å². The Kier molecular flexibility index (Phi) is 5.27. The standard InChI is InChI=1S/C9H9F3O4/c1-2-3-6(9(10,11)12)16-8(15)5-4-7(13)14/h2,4-6H,1,3H2,(H,13,14)/b5-4+. The summed E-state index contributed by atoms with van der Waals surface area (Å²) in [4.78, 5) is 20.8. The van der Waals surface area contributed by atoms with Crippen LogP contribution in [0.3, 0.4) is 0 Å². The van der Waals surface area contributed by atoms with Gasteiger partial charge in [-0.05, 0) is 0 Å². The van der Waals surface area contributed by atoms with Gasteiger partial charge in [0.2, 0.25) is 6.10 Å². The van der Waals surface area contributed by atoms with Crippen LogP contribution in [-0.4, -0.2) is 29.3 Å². The number of hydrogen-bond donors (Lipinski definition) is 1. The predicted molar refractivity (Wildman–Crippen MR) is 47.5 cm³/mol. The van der Waals surface area contributed by atoms with Crippen LogP contribution in [0.4, 0.5) is 13.2 Å². The van der Waals surface area contributed by atoms with Crippen molar-refractivity contribution in [1.29, 1.82) is 0 Å². The molecule has 16 heavy (non-hydrogen) atoms. The third-order valence-electron chi connectivity index (χ3n) is 1.37. The van der Waals surface area contributed by atoms with Crippen molar-refractivity contribution in [3.8, 4) is 0 Å². The molecule has 0 aliphatic carbocycles. The molecular formula is C9H9F3O4. The van der Waals surface area contributed by atoms with Crippen molar-refractivity contribution in [3.63, 3.8) is 0 Å². The molecule has 0 aromatic rings. The van der Waals surface area contributed by atoms with E-state index in [0.717, 1.165) is 6.08 Å². The van der Waals surface area contributed by atoms with Crippen LogP contribution in [0.25, 0.3) is 0 Å². The Morgan fingerprint density at radius 1 is 1.38 bits per heavy atom. The number of esters is 1. The maximum Gasteiger partial charge on any atom is 0.425 e. The third kappa shape index (κ3) is 5.84. The minimum atomic E-state index is -4.71. The maximum absolute atomic E-state index is 12.2. The molecule has 7 heteroatoms. The average Bonchev–Trinajstić information content (AvgIpc) is 2.12. The minimum Gasteiger partial charge on any atom is -0.478 e. The molecule has 90 valence electrons. The lowest BCUT2D eigenvalue weighted by Gasteiger charge is -2.18. The Hall–Kier alpha value is -1.79. The van der Waals surface area contributed by atoms with E-state index in [1.807, 2.05) is 0 Å². The molecule has 0 bridgehead atoms. The lowest BCUT2D eigenvalue weighted by Crippen LogP contribution is -2.32. The van der Waals surface area contributed by atoms with E-state index in [4.69, 9.17) is 5.11 Å². The van der Waals surface area contributed by atoms with E-state index in [1.54, 1.807) is 0 Å². The van der Waals surface area contributed by atoms with Crippen LogP contribution in [0.5, 0.6) is 0 Å². The van der Waals surface area contributed by atoms with Crippen molar-refractivity contribution >= 4 is 11.9 Å². The molecule has 0 aromatic heterocycles. The fourth-order valence-electron chi connectivity index (χ4n) is 0.719. The van der Waals surface area contributed by atoms with Gasteiger partial charge in [0.05, 0.1) is 0 Å². The van der Waals surface area contributed by atoms with Gasteiger partial charge in [0.1, 0.15) is 0 Å². The molecule has 1 atom stereocenters. The van der Waals surface area contributed by atoms with Crippen molar-refractivity contribution in [2.24, 2.45) is 0 Å². The van der Waals surface area contributed by atoms with Gasteiger partial charge in [0.25, 0.3) is 0 Å². The molecule has 0 spiro atoms. The molecule has 0 aliphatic rings. The summed E-state index contributed by atoms with van der Waals surface area (Å²) in [5.41, 5.74) is 0. The number of carbonyl (C=O) groups excluding carboxylic acids is 1. The average molecular weight is 238 g/mol. The fourth-order valence-corrected chi connectivity index (χ4v) is 0.719. The van der Waals surface area contributed by atoms with Crippen LogP contribution in [-0.2, 0) is 14.3 Å². The molecule has 0 amide bonds. The van der Waals surface area contributed by atoms with Gasteiger partial charge in [-0.15, -0.1) is 6.58 Å². The molecule has 1 unspecified atom stereocenters. The molecule has 1 N–H and O–H groups in total. The first kappa shape index (κ1) is 14.2. The van der Waals surface area contributed by atoms with Crippen LogP contribution in [0, 0.1) is 0 Å². The zero-order chi connectivity index (χ0) is 12.8. The monoisotopic (exact) mass is 238 g/mol. The predicted octanol–water partition coefficient (Wildman–Crippen LogP) is 1.68. The van der Waals surface area contributed by atoms with Gasteiger partial charge in [0.15, 0.2) is 0 Å². The topological polar surface area (TPSA) is 63.6 Å². The molecule has 0 saturated carbocycles. The van der Waals surface area contributed by atoms with Crippen LogP contribution in [0.1, 0.15) is 6.42 Å². The summed E-state index contributed by atoms with van der Waals surface area (Å²) in [6, 6.07) is 0. The van der Waals surface area contributed by atoms with E-state index in [9.17, 15) is 22.8 Å². The quantitative estimate of drug-likeness (QED) is 0.449. The first-order valence-corrected chi connectivity index (χ1v) is 4.06. The summed E-state index contributed by atoms with van der Waals surface area (Å²) >= 11 is 0. The highest BCUT2D eigenvalue weighted by Crippen LogP contribution is 2.25. The number of halogens is 3. The lowest BCUT2D eigenvalue weighted by molar-refractivity contribution is -0.217. The minimum absolute atomic E-state index is 0.393. The second kappa shape index (κ2) is 5.94. The number of alkyl halides is 3. The molecule has 0 saturated heterocycles. The zero-order valence-electron chi connectivity index (χ0n) is 8.03. The Balaban J connectivity index is 4.46. The van der Waals surface area contributed by atoms with Crippen molar-refractivity contribution in [3.05, 3.63) is 24.8 Å². The Morgan fingerprint density at radius 2 is 1.94 bits per heavy atom. The summed E-state index contributed by atoms with van der Waals surface area (Å²) in [7, 11) is 0. The van der Waals surface area contributed by atoms with Gasteiger partial charge in [-0.2, -0.15) is 13.2 Å². The van der Waals surface area contributed by atoms with Crippen LogP contribution in [0.2, 0.25) is 0 Å². The summed E-state index contributed by atoms with van der Waals surface area (Å²) in [6.45, 7) is 3.09. The van der Waals surface area contributed by atoms with Gasteiger partial charge in [0, 0.05) is 18.6 Å². The summed E-state index contributed by atoms with van der Waals surface area (Å²) in [6.07, 6.45) is -5.85. The van der Waals surface area contributed by atoms with E-state index in [2.05, 4.69) is 11.3 Å². The van der Waals surface area contributed by atoms with E-state index in [-0.39, 0.29) is 0 Å². The molecule has 0 aliphatic heterocycles. The van der Waals surface area contributed by atoms with Crippen LogP contribution >= 0.6 is 0 Å². The second-order valence-corrected chi connectivity index (χ2v) is 2.66. The van der Waals surface area contributed by atoms with Crippen molar-refractivity contribution in [1.82, 2.24) is 0 Å². The van der Waals surface area contributed by atoms with Crippen molar-refractivity contribution in [2.75, 3.05) is 0 Å². The van der Waals surface area contributed by atoms with Crippen molar-refractivity contribution < 1.29 is 32.6 Å². The zero-order valence-corrected chi connectivity index (χ0v) is 8.03. The molecule has 0 radical (unpaired) electrons. The highest BCUT2D eigenvalue weighted by atomic mass is 19.4. The first-order valence-electron chi connectivity index (χ1n) is 4.06. The van der Waals surface area contributed by atoms with E-state index >= 15 is 0 Å². The molecular weight excluding hydrogens is 229 g/mol. The number of aliphatic carboxylic acids is 1. The Morgan fingerprint density at radius 3 is 2.31 bits per heavy atom. The fraction of sp³-hybridized carbons (Fsp3) is 0.333. The van der Waals surface area contributed by atoms with Crippen LogP contribution in [0.15, 0.2) is 24.8 Å². The molecule has 0 rings (SSSR count). The number of rotatable bonds is 5. The first-order chi connectivity index (χ1) is 7.27. The highest BCUT2D eigenvalue weighted by molar-refractivity contribution is 5.90. The van der Waals surface area contributed by atoms with Gasteiger partial charge in [-0.1, -0.05) is 6.08 Å². The normalized spacial score (nSPS) is 13.4. The molecule has 0 aromatic carbocycles. The summed E-state index contributed by atoms with van der Waals surface area (Å²) in [5, 5.41) is 8.13. The Bertz CT molecular complexity index is 306. The Labute approximate surface area is 89.0 Å². The van der Waals surface area contributed by atoms with E-state index < -0.39 is 30.6 Å². The summed E-state index contributed by atoms with van der Waals surface area (Å²) in [5.74, 6) is -2.82. The number of hydrogen-bond acceptors (Lipinski definition) is 3. The van der Waals surface area contributed by atoms with Gasteiger partial charge in [-0.25, -0.2) is 9.59 Å². The number of carboxylic acid groups (broad SMARTS) is 1. The molecule has 0 heterocycles. The van der Waals surface area contributed by atoms with Gasteiger partial charge in [-0.3, -0.25) is 0 Å². The molecule has 0 fully saturated rings. The van der Waals surface area contributed by atoms with E-state index in [0.29, 0.717) is 12.2 Å². The number of carboxylic acids is 1. The van der Waals surface area contributed by atoms with Gasteiger partial charge < -0.3 is 9.84 Å². The lowest BCUT2D eigenvalue weighted by atomic mass is 10.2. The number of ether oxygens (including phenoxy) is 1. The largest absolute Gasteiger partial charge is 0.478 e.